The highest BCUT2D eigenvalue weighted by atomic mass is 14.5. The molecule has 0 radical (unpaired) electrons. The molecule has 0 N–H and O–H groups in total. The maximum atomic E-state index is 4.13. The van der Waals surface area contributed by atoms with Crippen molar-refractivity contribution in [1.82, 2.24) is 0 Å². The van der Waals surface area contributed by atoms with E-state index in [1.807, 2.05) is 50.3 Å². The first-order valence-electron chi connectivity index (χ1n) is 9.36. The lowest BCUT2D eigenvalue weighted by atomic mass is 9.66. The van der Waals surface area contributed by atoms with Crippen LogP contribution in [0.25, 0.3) is 5.57 Å². The lowest BCUT2D eigenvalue weighted by molar-refractivity contribution is 0.761. The van der Waals surface area contributed by atoms with E-state index in [9.17, 15) is 0 Å². The molecule has 2 aromatic rings. The third-order valence-corrected chi connectivity index (χ3v) is 4.88. The van der Waals surface area contributed by atoms with Crippen molar-refractivity contribution >= 4 is 5.57 Å². The summed E-state index contributed by atoms with van der Waals surface area (Å²) in [5.41, 5.74) is 6.45. The SMILES string of the molecule is C=C/C=C(\C=C)C1(c2ccccc2)C(C=C)=C(C=C)c2ccccc21.CC. The maximum absolute atomic E-state index is 4.13. The first-order valence-corrected chi connectivity index (χ1v) is 9.36. The van der Waals surface area contributed by atoms with Crippen molar-refractivity contribution in [2.45, 2.75) is 19.3 Å². The third kappa shape index (κ3) is 3.08. The standard InChI is InChI=1S/C25H22.C2H6/c1-5-14-19(6-2)25(20-15-10-9-11-16-20)23(8-4)21(7-3)22-17-12-13-18-24(22)25;1-2/h5-18H,1-4H2;1-2H3/b19-14+;. The summed E-state index contributed by atoms with van der Waals surface area (Å²) in [5, 5.41) is 0. The van der Waals surface area contributed by atoms with Crippen LogP contribution in [-0.4, -0.2) is 0 Å². The average Bonchev–Trinajstić information content (AvgIpc) is 3.04. The van der Waals surface area contributed by atoms with Crippen LogP contribution >= 0.6 is 0 Å². The Morgan fingerprint density at radius 1 is 0.815 bits per heavy atom. The zero-order valence-electron chi connectivity index (χ0n) is 16.4. The Bertz CT molecular complexity index is 906. The zero-order chi connectivity index (χ0) is 19.9. The van der Waals surface area contributed by atoms with Gasteiger partial charge in [-0.2, -0.15) is 0 Å². The summed E-state index contributed by atoms with van der Waals surface area (Å²) < 4.78 is 0. The van der Waals surface area contributed by atoms with Gasteiger partial charge in [-0.15, -0.1) is 0 Å². The van der Waals surface area contributed by atoms with Gasteiger partial charge < -0.3 is 0 Å². The fraction of sp³-hybridized carbons (Fsp3) is 0.111. The van der Waals surface area contributed by atoms with Gasteiger partial charge in [0.15, 0.2) is 0 Å². The van der Waals surface area contributed by atoms with Crippen LogP contribution in [0.1, 0.15) is 30.5 Å². The predicted octanol–water partition coefficient (Wildman–Crippen LogP) is 7.44. The molecule has 0 heteroatoms. The number of fused-ring (bicyclic) bond motifs is 1. The second-order valence-electron chi connectivity index (χ2n) is 5.96. The van der Waals surface area contributed by atoms with Gasteiger partial charge in [0.25, 0.3) is 0 Å². The lowest BCUT2D eigenvalue weighted by Crippen LogP contribution is -2.29. The number of hydrogen-bond acceptors (Lipinski definition) is 0. The summed E-state index contributed by atoms with van der Waals surface area (Å²) in [4.78, 5) is 0. The Balaban J connectivity index is 0.00000126. The number of allylic oxidation sites excluding steroid dienone is 8. The summed E-state index contributed by atoms with van der Waals surface area (Å²) in [6.45, 7) is 20.2. The second kappa shape index (κ2) is 9.00. The molecule has 1 atom stereocenters. The van der Waals surface area contributed by atoms with E-state index in [2.05, 4.69) is 74.8 Å². The van der Waals surface area contributed by atoms with Crippen LogP contribution in [0.5, 0.6) is 0 Å². The minimum atomic E-state index is -0.459. The van der Waals surface area contributed by atoms with Crippen molar-refractivity contribution < 1.29 is 0 Å². The van der Waals surface area contributed by atoms with E-state index < -0.39 is 5.41 Å². The first-order chi connectivity index (χ1) is 13.2. The van der Waals surface area contributed by atoms with E-state index in [4.69, 9.17) is 0 Å². The van der Waals surface area contributed by atoms with Gasteiger partial charge in [0.05, 0.1) is 5.41 Å². The van der Waals surface area contributed by atoms with Crippen molar-refractivity contribution in [1.29, 1.82) is 0 Å². The Labute approximate surface area is 164 Å². The summed E-state index contributed by atoms with van der Waals surface area (Å²) in [6.07, 6.45) is 9.64. The largest absolute Gasteiger partial charge is 0.0991 e. The van der Waals surface area contributed by atoms with Crippen LogP contribution < -0.4 is 0 Å². The first kappa shape index (κ1) is 20.2. The van der Waals surface area contributed by atoms with Gasteiger partial charge in [-0.05, 0) is 33.4 Å². The minimum absolute atomic E-state index is 0.459. The highest BCUT2D eigenvalue weighted by Crippen LogP contribution is 2.55. The fourth-order valence-electron chi connectivity index (χ4n) is 3.97. The molecular formula is C27H28. The van der Waals surface area contributed by atoms with Gasteiger partial charge in [-0.1, -0.05) is 125 Å². The Morgan fingerprint density at radius 2 is 1.44 bits per heavy atom. The van der Waals surface area contributed by atoms with Crippen LogP contribution in [0.3, 0.4) is 0 Å². The van der Waals surface area contributed by atoms with Gasteiger partial charge in [-0.3, -0.25) is 0 Å². The highest BCUT2D eigenvalue weighted by molar-refractivity contribution is 5.91. The van der Waals surface area contributed by atoms with Crippen molar-refractivity contribution in [3.05, 3.63) is 139 Å². The van der Waals surface area contributed by atoms with E-state index in [-0.39, 0.29) is 0 Å². The maximum Gasteiger partial charge on any atom is 0.0713 e. The molecule has 3 rings (SSSR count). The fourth-order valence-corrected chi connectivity index (χ4v) is 3.97. The average molecular weight is 353 g/mol. The van der Waals surface area contributed by atoms with E-state index in [0.717, 1.165) is 16.7 Å². The molecule has 0 aliphatic heterocycles. The molecule has 2 aromatic carbocycles. The lowest BCUT2D eigenvalue weighted by Gasteiger charge is -2.35. The quantitative estimate of drug-likeness (QED) is 0.474. The van der Waals surface area contributed by atoms with Crippen molar-refractivity contribution in [3.63, 3.8) is 0 Å². The smallest absolute Gasteiger partial charge is 0.0713 e. The van der Waals surface area contributed by atoms with Gasteiger partial charge in [-0.25, -0.2) is 0 Å². The number of hydrogen-bond donors (Lipinski definition) is 0. The van der Waals surface area contributed by atoms with Crippen LogP contribution in [0.15, 0.2) is 122 Å². The van der Waals surface area contributed by atoms with Crippen LogP contribution in [0, 0.1) is 0 Å². The van der Waals surface area contributed by atoms with Crippen molar-refractivity contribution in [2.75, 3.05) is 0 Å². The second-order valence-corrected chi connectivity index (χ2v) is 5.96. The third-order valence-electron chi connectivity index (χ3n) is 4.88. The monoisotopic (exact) mass is 352 g/mol. The van der Waals surface area contributed by atoms with E-state index >= 15 is 0 Å². The molecule has 0 bridgehead atoms. The number of benzene rings is 2. The Kier molecular flexibility index (Phi) is 6.73. The topological polar surface area (TPSA) is 0 Å². The molecule has 1 aliphatic rings. The van der Waals surface area contributed by atoms with Crippen LogP contribution in [0.2, 0.25) is 0 Å². The van der Waals surface area contributed by atoms with Crippen LogP contribution in [0.4, 0.5) is 0 Å². The van der Waals surface area contributed by atoms with Crippen molar-refractivity contribution in [2.24, 2.45) is 0 Å². The zero-order valence-corrected chi connectivity index (χ0v) is 16.4. The number of rotatable bonds is 6. The summed E-state index contributed by atoms with van der Waals surface area (Å²) in [5.74, 6) is 0. The van der Waals surface area contributed by atoms with E-state index in [1.165, 1.54) is 16.7 Å². The predicted molar refractivity (Wildman–Crippen MR) is 121 cm³/mol. The molecule has 0 amide bonds. The molecule has 0 heterocycles. The van der Waals surface area contributed by atoms with E-state index in [1.54, 1.807) is 0 Å². The summed E-state index contributed by atoms with van der Waals surface area (Å²) in [7, 11) is 0. The van der Waals surface area contributed by atoms with Gasteiger partial charge in [0, 0.05) is 0 Å². The van der Waals surface area contributed by atoms with Crippen LogP contribution in [-0.2, 0) is 5.41 Å². The Morgan fingerprint density at radius 3 is 2.00 bits per heavy atom. The van der Waals surface area contributed by atoms with Gasteiger partial charge >= 0.3 is 0 Å². The molecule has 27 heavy (non-hydrogen) atoms. The molecule has 0 saturated heterocycles. The normalized spacial score (nSPS) is 18.1. The molecule has 0 spiro atoms. The van der Waals surface area contributed by atoms with Gasteiger partial charge in [0.2, 0.25) is 0 Å². The summed E-state index contributed by atoms with van der Waals surface area (Å²) >= 11 is 0. The molecule has 1 aliphatic carbocycles. The highest BCUT2D eigenvalue weighted by Gasteiger charge is 2.46. The van der Waals surface area contributed by atoms with Crippen molar-refractivity contribution in [3.8, 4) is 0 Å². The molecule has 0 saturated carbocycles. The molecule has 0 nitrogen and oxygen atoms in total. The molecule has 0 fully saturated rings. The Hall–Kier alpha value is -3.12. The van der Waals surface area contributed by atoms with Gasteiger partial charge in [0.1, 0.15) is 0 Å². The molecule has 136 valence electrons. The van der Waals surface area contributed by atoms with E-state index in [0.29, 0.717) is 0 Å². The molecule has 0 aromatic heterocycles. The minimum Gasteiger partial charge on any atom is -0.0991 e. The molecule has 1 unspecified atom stereocenters. The molecular weight excluding hydrogens is 324 g/mol. The summed E-state index contributed by atoms with van der Waals surface area (Å²) in [6, 6.07) is 19.0.